The van der Waals surface area contributed by atoms with Gasteiger partial charge < -0.3 is 19.7 Å². The number of hydrogen-bond acceptors (Lipinski definition) is 6. The number of nitrogens with one attached hydrogen (secondary N) is 1. The third-order valence-corrected chi connectivity index (χ3v) is 4.70. The van der Waals surface area contributed by atoms with Gasteiger partial charge >= 0.3 is 0 Å². The number of aliphatic hydroxyl groups is 1. The molecule has 0 saturated heterocycles. The molecule has 152 valence electrons. The maximum atomic E-state index is 13.5. The first-order chi connectivity index (χ1) is 13.6. The minimum absolute atomic E-state index is 0.0139. The number of benzene rings is 1. The van der Waals surface area contributed by atoms with Crippen LogP contribution in [0.3, 0.4) is 0 Å². The molecule has 1 aromatic heterocycles. The summed E-state index contributed by atoms with van der Waals surface area (Å²) >= 11 is 0. The van der Waals surface area contributed by atoms with E-state index in [4.69, 9.17) is 21.6 Å². The molecule has 9 nitrogen and oxygen atoms in total. The summed E-state index contributed by atoms with van der Waals surface area (Å²) in [6.07, 6.45) is 5.04. The molecule has 0 spiro atoms. The maximum Gasteiger partial charge on any atom is 0.276 e. The Kier molecular flexibility index (Phi) is 6.61. The van der Waals surface area contributed by atoms with Gasteiger partial charge in [0.2, 0.25) is 10.0 Å². The summed E-state index contributed by atoms with van der Waals surface area (Å²) < 4.78 is 43.8. The Balaban J connectivity index is 2.40. The molecule has 1 amide bonds. The minimum atomic E-state index is -4.24. The molecule has 0 saturated carbocycles. The fourth-order valence-electron chi connectivity index (χ4n) is 2.42. The summed E-state index contributed by atoms with van der Waals surface area (Å²) in [4.78, 5) is 12.3. The highest BCUT2D eigenvalue weighted by Crippen LogP contribution is 2.30. The van der Waals surface area contributed by atoms with Crippen LogP contribution in [0, 0.1) is 29.5 Å². The second-order valence-corrected chi connectivity index (χ2v) is 7.44. The average molecular weight is 420 g/mol. The first kappa shape index (κ1) is 21.9. The number of rotatable bonds is 7. The van der Waals surface area contributed by atoms with Gasteiger partial charge in [0, 0.05) is 25.4 Å². The first-order valence-electron chi connectivity index (χ1n) is 8.08. The van der Waals surface area contributed by atoms with E-state index in [0.29, 0.717) is 0 Å². The Morgan fingerprint density at radius 3 is 2.79 bits per heavy atom. The molecule has 1 aromatic carbocycles. The topological polar surface area (TPSA) is 147 Å². The van der Waals surface area contributed by atoms with Crippen LogP contribution in [0.25, 0.3) is 0 Å². The number of terminal acetylenes is 1. The number of aliphatic hydroxyl groups excluding tert-OH is 1. The number of primary sulfonamides is 1. The van der Waals surface area contributed by atoms with E-state index >= 15 is 0 Å². The molecule has 11 heteroatoms. The van der Waals surface area contributed by atoms with Crippen LogP contribution < -0.4 is 15.2 Å². The average Bonchev–Trinajstić information content (AvgIpc) is 2.99. The zero-order valence-corrected chi connectivity index (χ0v) is 16.0. The second kappa shape index (κ2) is 8.75. The van der Waals surface area contributed by atoms with Crippen molar-refractivity contribution in [1.82, 2.24) is 4.57 Å². The number of hydrogen-bond donors (Lipinski definition) is 3. The van der Waals surface area contributed by atoms with Gasteiger partial charge in [0.25, 0.3) is 5.91 Å². The summed E-state index contributed by atoms with van der Waals surface area (Å²) in [6.45, 7) is -0.187. The number of carbonyl (C=O) groups excluding carboxylic acids is 1. The SMILES string of the molecule is C#C[C@H](O)CCOc1c(S(N)(=O)=O)cn(C)c1C(=O)Nc1ccc(F)c(C#N)c1. The third-order valence-electron chi connectivity index (χ3n) is 3.80. The van der Waals surface area contributed by atoms with Crippen molar-refractivity contribution in [3.05, 3.63) is 41.5 Å². The lowest BCUT2D eigenvalue weighted by molar-refractivity contribution is 0.101. The van der Waals surface area contributed by atoms with Crippen LogP contribution in [0.5, 0.6) is 5.75 Å². The van der Waals surface area contributed by atoms with Gasteiger partial charge in [-0.2, -0.15) is 5.26 Å². The van der Waals surface area contributed by atoms with Crippen LogP contribution in [-0.4, -0.2) is 36.7 Å². The minimum Gasteiger partial charge on any atom is -0.490 e. The zero-order chi connectivity index (χ0) is 21.8. The lowest BCUT2D eigenvalue weighted by Crippen LogP contribution is -2.19. The molecule has 1 heterocycles. The van der Waals surface area contributed by atoms with Crippen molar-refractivity contribution in [2.45, 2.75) is 17.4 Å². The number of aryl methyl sites for hydroxylation is 1. The summed E-state index contributed by atoms with van der Waals surface area (Å²) in [6, 6.07) is 5.02. The third kappa shape index (κ3) is 5.12. The molecule has 2 aromatic rings. The smallest absolute Gasteiger partial charge is 0.276 e. The van der Waals surface area contributed by atoms with Gasteiger partial charge in [-0.15, -0.1) is 6.42 Å². The van der Waals surface area contributed by atoms with E-state index in [1.165, 1.54) is 17.7 Å². The first-order valence-corrected chi connectivity index (χ1v) is 9.63. The highest BCUT2D eigenvalue weighted by Gasteiger charge is 2.28. The van der Waals surface area contributed by atoms with Crippen molar-refractivity contribution in [3.63, 3.8) is 0 Å². The van der Waals surface area contributed by atoms with Gasteiger partial charge in [-0.1, -0.05) is 5.92 Å². The summed E-state index contributed by atoms with van der Waals surface area (Å²) in [5.74, 6) is 0.218. The molecule has 1 atom stereocenters. The molecular weight excluding hydrogens is 403 g/mol. The highest BCUT2D eigenvalue weighted by atomic mass is 32.2. The van der Waals surface area contributed by atoms with Gasteiger partial charge in [-0.25, -0.2) is 17.9 Å². The van der Waals surface area contributed by atoms with Gasteiger partial charge in [0.05, 0.1) is 12.2 Å². The Hall–Kier alpha value is -3.38. The van der Waals surface area contributed by atoms with Gasteiger partial charge in [-0.05, 0) is 18.2 Å². The lowest BCUT2D eigenvalue weighted by Gasteiger charge is -2.12. The monoisotopic (exact) mass is 420 g/mol. The molecule has 0 bridgehead atoms. The molecule has 0 fully saturated rings. The fraction of sp³-hybridized carbons (Fsp3) is 0.222. The standard InChI is InChI=1S/C18H17FN4O5S/c1-3-13(24)6-7-28-17-15(29(21,26)27)10-23(2)16(17)18(25)22-12-4-5-14(19)11(8-12)9-20/h1,4-5,8,10,13,24H,6-7H2,2H3,(H,22,25)(H2,21,26,27)/t13-/m0/s1. The molecule has 4 N–H and O–H groups in total. The second-order valence-electron chi connectivity index (χ2n) is 5.91. The van der Waals surface area contributed by atoms with E-state index in [1.54, 1.807) is 6.07 Å². The molecule has 0 aliphatic carbocycles. The molecular formula is C18H17FN4O5S. The number of amides is 1. The number of anilines is 1. The van der Waals surface area contributed by atoms with E-state index in [2.05, 4.69) is 11.2 Å². The summed E-state index contributed by atoms with van der Waals surface area (Å²) in [7, 11) is -2.83. The van der Waals surface area contributed by atoms with Crippen molar-refractivity contribution in [1.29, 1.82) is 5.26 Å². The van der Waals surface area contributed by atoms with Gasteiger partial charge in [0.15, 0.2) is 11.4 Å². The lowest BCUT2D eigenvalue weighted by atomic mass is 10.2. The number of aromatic nitrogens is 1. The predicted octanol–water partition coefficient (Wildman–Crippen LogP) is 0.699. The fourth-order valence-corrected chi connectivity index (χ4v) is 3.14. The Bertz CT molecular complexity index is 1130. The van der Waals surface area contributed by atoms with Crippen molar-refractivity contribution >= 4 is 21.6 Å². The van der Waals surface area contributed by atoms with Gasteiger partial charge in [-0.3, -0.25) is 4.79 Å². The zero-order valence-electron chi connectivity index (χ0n) is 15.2. The number of nitriles is 1. The maximum absolute atomic E-state index is 13.5. The van der Waals surface area contributed by atoms with Crippen LogP contribution in [0.15, 0.2) is 29.3 Å². The van der Waals surface area contributed by atoms with Crippen molar-refractivity contribution in [2.75, 3.05) is 11.9 Å². The predicted molar refractivity (Wildman–Crippen MR) is 101 cm³/mol. The normalized spacial score (nSPS) is 11.9. The van der Waals surface area contributed by atoms with Crippen LogP contribution in [0.2, 0.25) is 0 Å². The largest absolute Gasteiger partial charge is 0.490 e. The number of sulfonamides is 1. The number of nitrogens with zero attached hydrogens (tertiary/aromatic N) is 2. The van der Waals surface area contributed by atoms with Crippen molar-refractivity contribution in [2.24, 2.45) is 12.2 Å². The summed E-state index contributed by atoms with van der Waals surface area (Å²) in [5, 5.41) is 25.9. The number of carbonyl (C=O) groups is 1. The van der Waals surface area contributed by atoms with Crippen LogP contribution in [0.4, 0.5) is 10.1 Å². The van der Waals surface area contributed by atoms with E-state index in [1.807, 2.05) is 0 Å². The van der Waals surface area contributed by atoms with E-state index in [0.717, 1.165) is 18.3 Å². The number of halogens is 1. The molecule has 0 aliphatic rings. The molecule has 0 unspecified atom stereocenters. The van der Waals surface area contributed by atoms with E-state index < -0.39 is 32.7 Å². The van der Waals surface area contributed by atoms with E-state index in [9.17, 15) is 22.7 Å². The Morgan fingerprint density at radius 1 is 1.52 bits per heavy atom. The Labute approximate surface area is 166 Å². The van der Waals surface area contributed by atoms with Crippen LogP contribution >= 0.6 is 0 Å². The number of nitrogens with two attached hydrogens (primary N) is 1. The van der Waals surface area contributed by atoms with Crippen molar-refractivity contribution in [3.8, 4) is 24.2 Å². The van der Waals surface area contributed by atoms with Crippen molar-refractivity contribution < 1.29 is 27.4 Å². The molecule has 0 aliphatic heterocycles. The van der Waals surface area contributed by atoms with Crippen LogP contribution in [0.1, 0.15) is 22.5 Å². The van der Waals surface area contributed by atoms with Crippen LogP contribution in [-0.2, 0) is 17.1 Å². The van der Waals surface area contributed by atoms with Gasteiger partial charge in [0.1, 0.15) is 22.9 Å². The van der Waals surface area contributed by atoms with E-state index in [-0.39, 0.29) is 35.7 Å². The number of ether oxygens (including phenoxy) is 1. The molecule has 29 heavy (non-hydrogen) atoms. The summed E-state index contributed by atoms with van der Waals surface area (Å²) in [5.41, 5.74) is -0.355. The highest BCUT2D eigenvalue weighted by molar-refractivity contribution is 7.89. The molecule has 2 rings (SSSR count). The quantitative estimate of drug-likeness (QED) is 0.562. The molecule has 0 radical (unpaired) electrons. The Morgan fingerprint density at radius 2 is 2.21 bits per heavy atom.